The number of para-hydroxylation sites is 1. The number of carbonyl (C=O) groups is 2. The molecule has 7 heteroatoms. The first kappa shape index (κ1) is 18.4. The van der Waals surface area contributed by atoms with E-state index < -0.39 is 6.04 Å². The summed E-state index contributed by atoms with van der Waals surface area (Å²) in [7, 11) is 0. The van der Waals surface area contributed by atoms with Gasteiger partial charge in [-0.1, -0.05) is 12.1 Å². The molecule has 2 fully saturated rings. The molecule has 1 aromatic heterocycles. The smallest absolute Gasteiger partial charge is 0.251 e. The number of halogens is 1. The molecule has 2 aliphatic heterocycles. The quantitative estimate of drug-likeness (QED) is 0.615. The first-order chi connectivity index (χ1) is 14.1. The van der Waals surface area contributed by atoms with E-state index in [4.69, 9.17) is 4.98 Å². The molecule has 2 saturated heterocycles. The SMILES string of the molecule is O=C1CC(N2CCC(c3nc4ccccc4s3)CC2)C(=O)N1c1ccc(F)cc1. The highest BCUT2D eigenvalue weighted by molar-refractivity contribution is 7.18. The van der Waals surface area contributed by atoms with Crippen molar-refractivity contribution in [2.24, 2.45) is 0 Å². The number of thiazole rings is 1. The number of anilines is 1. The van der Waals surface area contributed by atoms with Gasteiger partial charge in [0.05, 0.1) is 33.4 Å². The number of piperidine rings is 1. The number of fused-ring (bicyclic) bond motifs is 1. The number of likely N-dealkylation sites (tertiary alicyclic amines) is 1. The summed E-state index contributed by atoms with van der Waals surface area (Å²) in [5.74, 6) is -0.426. The number of hydrogen-bond donors (Lipinski definition) is 0. The molecule has 2 aliphatic rings. The van der Waals surface area contributed by atoms with Gasteiger partial charge in [0.1, 0.15) is 5.82 Å². The number of amides is 2. The van der Waals surface area contributed by atoms with E-state index in [2.05, 4.69) is 11.0 Å². The van der Waals surface area contributed by atoms with E-state index in [-0.39, 0.29) is 24.1 Å². The second-order valence-electron chi connectivity index (χ2n) is 7.59. The number of carbonyl (C=O) groups excluding carboxylic acids is 2. The summed E-state index contributed by atoms with van der Waals surface area (Å²) in [4.78, 5) is 33.5. The molecular formula is C22H20FN3O2S. The molecule has 2 aromatic carbocycles. The fraction of sp³-hybridized carbons (Fsp3) is 0.318. The van der Waals surface area contributed by atoms with Gasteiger partial charge in [-0.05, 0) is 62.3 Å². The molecule has 3 aromatic rings. The summed E-state index contributed by atoms with van der Waals surface area (Å²) in [5, 5.41) is 1.16. The number of hydrogen-bond acceptors (Lipinski definition) is 5. The number of rotatable bonds is 3. The van der Waals surface area contributed by atoms with E-state index in [9.17, 15) is 14.0 Å². The molecule has 0 saturated carbocycles. The normalized spacial score (nSPS) is 21.4. The van der Waals surface area contributed by atoms with E-state index in [0.717, 1.165) is 36.5 Å². The van der Waals surface area contributed by atoms with Crippen LogP contribution in [0.15, 0.2) is 48.5 Å². The van der Waals surface area contributed by atoms with Crippen LogP contribution in [0.25, 0.3) is 10.2 Å². The minimum atomic E-state index is -0.427. The molecule has 0 spiro atoms. The van der Waals surface area contributed by atoms with Crippen molar-refractivity contribution in [1.29, 1.82) is 0 Å². The standard InChI is InChI=1S/C22H20FN3O2S/c23-15-5-7-16(8-6-15)26-20(27)13-18(22(26)28)25-11-9-14(10-12-25)21-24-17-3-1-2-4-19(17)29-21/h1-8,14,18H,9-13H2. The fourth-order valence-electron chi connectivity index (χ4n) is 4.29. The van der Waals surface area contributed by atoms with Gasteiger partial charge in [0.15, 0.2) is 0 Å². The summed E-state index contributed by atoms with van der Waals surface area (Å²) >= 11 is 1.75. The first-order valence-corrected chi connectivity index (χ1v) is 10.6. The number of nitrogens with zero attached hydrogens (tertiary/aromatic N) is 3. The largest absolute Gasteiger partial charge is 0.291 e. The molecule has 5 nitrogen and oxygen atoms in total. The minimum Gasteiger partial charge on any atom is -0.291 e. The lowest BCUT2D eigenvalue weighted by Crippen LogP contribution is -2.45. The van der Waals surface area contributed by atoms with Crippen LogP contribution in [0, 0.1) is 5.82 Å². The molecule has 0 N–H and O–H groups in total. The lowest BCUT2D eigenvalue weighted by atomic mass is 9.96. The molecule has 0 aliphatic carbocycles. The summed E-state index contributed by atoms with van der Waals surface area (Å²) in [6, 6.07) is 13.2. The minimum absolute atomic E-state index is 0.183. The van der Waals surface area contributed by atoms with Gasteiger partial charge >= 0.3 is 0 Å². The third-order valence-corrected chi connectivity index (χ3v) is 7.04. The van der Waals surface area contributed by atoms with E-state index >= 15 is 0 Å². The van der Waals surface area contributed by atoms with Gasteiger partial charge in [0.25, 0.3) is 5.91 Å². The van der Waals surface area contributed by atoms with E-state index in [1.165, 1.54) is 33.9 Å². The Bertz CT molecular complexity index is 1040. The molecule has 0 bridgehead atoms. The van der Waals surface area contributed by atoms with Gasteiger partial charge in [-0.15, -0.1) is 11.3 Å². The molecule has 148 valence electrons. The zero-order valence-electron chi connectivity index (χ0n) is 15.8. The maximum Gasteiger partial charge on any atom is 0.251 e. The molecule has 1 atom stereocenters. The number of aromatic nitrogens is 1. The average molecular weight is 409 g/mol. The summed E-state index contributed by atoms with van der Waals surface area (Å²) in [6.07, 6.45) is 2.03. The van der Waals surface area contributed by atoms with E-state index in [1.807, 2.05) is 18.2 Å². The zero-order chi connectivity index (χ0) is 20.0. The van der Waals surface area contributed by atoms with Crippen molar-refractivity contribution < 1.29 is 14.0 Å². The molecule has 29 heavy (non-hydrogen) atoms. The van der Waals surface area contributed by atoms with Gasteiger partial charge in [-0.3, -0.25) is 14.5 Å². The maximum absolute atomic E-state index is 13.2. The van der Waals surface area contributed by atoms with Gasteiger partial charge in [0, 0.05) is 5.92 Å². The van der Waals surface area contributed by atoms with Gasteiger partial charge in [0.2, 0.25) is 5.91 Å². The van der Waals surface area contributed by atoms with E-state index in [0.29, 0.717) is 11.6 Å². The lowest BCUT2D eigenvalue weighted by molar-refractivity contribution is -0.123. The molecule has 2 amide bonds. The Morgan fingerprint density at radius 3 is 2.45 bits per heavy atom. The molecule has 1 unspecified atom stereocenters. The van der Waals surface area contributed by atoms with Gasteiger partial charge in [-0.25, -0.2) is 14.3 Å². The summed E-state index contributed by atoms with van der Waals surface area (Å²) in [6.45, 7) is 1.53. The van der Waals surface area contributed by atoms with Crippen molar-refractivity contribution in [3.63, 3.8) is 0 Å². The van der Waals surface area contributed by atoms with Crippen molar-refractivity contribution in [3.8, 4) is 0 Å². The third kappa shape index (κ3) is 3.34. The monoisotopic (exact) mass is 409 g/mol. The molecule has 5 rings (SSSR count). The van der Waals surface area contributed by atoms with Gasteiger partial charge in [-0.2, -0.15) is 0 Å². The molecular weight excluding hydrogens is 389 g/mol. The highest BCUT2D eigenvalue weighted by atomic mass is 32.1. The zero-order valence-corrected chi connectivity index (χ0v) is 16.6. The maximum atomic E-state index is 13.2. The van der Waals surface area contributed by atoms with Crippen LogP contribution in [0.3, 0.4) is 0 Å². The van der Waals surface area contributed by atoms with Crippen molar-refractivity contribution in [2.45, 2.75) is 31.2 Å². The second-order valence-corrected chi connectivity index (χ2v) is 8.66. The highest BCUT2D eigenvalue weighted by Gasteiger charge is 2.43. The van der Waals surface area contributed by atoms with Crippen LogP contribution in [0.4, 0.5) is 10.1 Å². The van der Waals surface area contributed by atoms with Crippen LogP contribution >= 0.6 is 11.3 Å². The van der Waals surface area contributed by atoms with Crippen LogP contribution < -0.4 is 4.90 Å². The van der Waals surface area contributed by atoms with Crippen LogP contribution in [-0.4, -0.2) is 40.8 Å². The van der Waals surface area contributed by atoms with Crippen LogP contribution in [0.5, 0.6) is 0 Å². The Balaban J connectivity index is 1.27. The Morgan fingerprint density at radius 2 is 1.72 bits per heavy atom. The van der Waals surface area contributed by atoms with Crippen molar-refractivity contribution in [2.75, 3.05) is 18.0 Å². The van der Waals surface area contributed by atoms with E-state index in [1.54, 1.807) is 11.3 Å². The predicted octanol–water partition coefficient (Wildman–Crippen LogP) is 3.95. The van der Waals surface area contributed by atoms with Gasteiger partial charge < -0.3 is 0 Å². The van der Waals surface area contributed by atoms with Crippen molar-refractivity contribution >= 4 is 39.1 Å². The Labute approximate surface area is 171 Å². The van der Waals surface area contributed by atoms with Crippen LogP contribution in [0.1, 0.15) is 30.2 Å². The first-order valence-electron chi connectivity index (χ1n) is 9.82. The number of benzene rings is 2. The highest BCUT2D eigenvalue weighted by Crippen LogP contribution is 2.35. The van der Waals surface area contributed by atoms with Crippen LogP contribution in [0.2, 0.25) is 0 Å². The Hall–Kier alpha value is -2.64. The average Bonchev–Trinajstić information content (AvgIpc) is 3.30. The fourth-order valence-corrected chi connectivity index (χ4v) is 5.42. The van der Waals surface area contributed by atoms with Crippen molar-refractivity contribution in [3.05, 3.63) is 59.4 Å². The summed E-state index contributed by atoms with van der Waals surface area (Å²) in [5.41, 5.74) is 1.48. The third-order valence-electron chi connectivity index (χ3n) is 5.84. The Kier molecular flexibility index (Phi) is 4.64. The predicted molar refractivity (Wildman–Crippen MR) is 110 cm³/mol. The van der Waals surface area contributed by atoms with Crippen LogP contribution in [-0.2, 0) is 9.59 Å². The second kappa shape index (κ2) is 7.31. The Morgan fingerprint density at radius 1 is 1.00 bits per heavy atom. The summed E-state index contributed by atoms with van der Waals surface area (Å²) < 4.78 is 14.4. The lowest BCUT2D eigenvalue weighted by Gasteiger charge is -2.34. The topological polar surface area (TPSA) is 53.5 Å². The molecule has 3 heterocycles. The van der Waals surface area contributed by atoms with Crippen molar-refractivity contribution in [1.82, 2.24) is 9.88 Å². The number of imide groups is 1. The molecule has 0 radical (unpaired) electrons.